The van der Waals surface area contributed by atoms with Gasteiger partial charge >= 0.3 is 0 Å². The summed E-state index contributed by atoms with van der Waals surface area (Å²) < 4.78 is 0. The fraction of sp³-hybridized carbons (Fsp3) is 0. The summed E-state index contributed by atoms with van der Waals surface area (Å²) in [5.74, 6) is 0. The number of benzene rings is 6. The van der Waals surface area contributed by atoms with Crippen molar-refractivity contribution in [2.45, 2.75) is 0 Å². The minimum atomic E-state index is 1.12. The van der Waals surface area contributed by atoms with E-state index in [1.165, 1.54) is 49.7 Å². The van der Waals surface area contributed by atoms with Crippen molar-refractivity contribution >= 4 is 27.8 Å². The van der Waals surface area contributed by atoms with E-state index >= 15 is 0 Å². The Morgan fingerprint density at radius 2 is 0.854 bits per heavy atom. The summed E-state index contributed by atoms with van der Waals surface area (Å²) in [5, 5.41) is 2.66. The highest BCUT2D eigenvalue weighted by molar-refractivity contribution is 6.18. The van der Waals surface area contributed by atoms with E-state index in [4.69, 9.17) is 0 Å². The van der Waals surface area contributed by atoms with Crippen molar-refractivity contribution < 1.29 is 0 Å². The number of anilines is 3. The Morgan fingerprint density at radius 1 is 0.341 bits per heavy atom. The van der Waals surface area contributed by atoms with E-state index in [2.05, 4.69) is 143 Å². The average molecular weight is 523 g/mol. The highest BCUT2D eigenvalue weighted by atomic mass is 15.1. The molecule has 41 heavy (non-hydrogen) atoms. The number of para-hydroxylation sites is 1. The van der Waals surface area contributed by atoms with Crippen molar-refractivity contribution in [1.82, 2.24) is 4.98 Å². The minimum absolute atomic E-state index is 1.12. The Bertz CT molecular complexity index is 1980. The lowest BCUT2D eigenvalue weighted by Gasteiger charge is -2.26. The normalized spacial score (nSPS) is 11.4. The third-order valence-electron chi connectivity index (χ3n) is 8.14. The van der Waals surface area contributed by atoms with Crippen LogP contribution in [0.5, 0.6) is 0 Å². The molecule has 6 aromatic carbocycles. The van der Waals surface area contributed by atoms with Gasteiger partial charge < -0.3 is 4.90 Å². The Morgan fingerprint density at radius 3 is 1.54 bits per heavy atom. The van der Waals surface area contributed by atoms with Gasteiger partial charge in [-0.25, -0.2) is 0 Å². The maximum absolute atomic E-state index is 4.15. The van der Waals surface area contributed by atoms with Crippen molar-refractivity contribution in [2.24, 2.45) is 0 Å². The Labute approximate surface area is 239 Å². The molecule has 0 saturated heterocycles. The highest BCUT2D eigenvalue weighted by Gasteiger charge is 2.22. The molecule has 0 atom stereocenters. The molecular weight excluding hydrogens is 496 g/mol. The maximum Gasteiger partial charge on any atom is 0.0462 e. The second kappa shape index (κ2) is 9.62. The number of hydrogen-bond acceptors (Lipinski definition) is 2. The molecule has 0 amide bonds. The van der Waals surface area contributed by atoms with Crippen LogP contribution in [0.1, 0.15) is 0 Å². The van der Waals surface area contributed by atoms with E-state index in [-0.39, 0.29) is 0 Å². The molecule has 192 valence electrons. The molecule has 0 saturated carbocycles. The lowest BCUT2D eigenvalue weighted by atomic mass is 9.94. The van der Waals surface area contributed by atoms with Crippen LogP contribution < -0.4 is 4.90 Å². The van der Waals surface area contributed by atoms with Gasteiger partial charge in [0.1, 0.15) is 0 Å². The van der Waals surface area contributed by atoms with Gasteiger partial charge in [0, 0.05) is 29.5 Å². The third-order valence-corrected chi connectivity index (χ3v) is 8.14. The van der Waals surface area contributed by atoms with Crippen LogP contribution in [0.15, 0.2) is 158 Å². The molecule has 0 radical (unpaired) electrons. The van der Waals surface area contributed by atoms with Gasteiger partial charge in [-0.3, -0.25) is 4.98 Å². The van der Waals surface area contributed by atoms with Crippen LogP contribution in [0, 0.1) is 0 Å². The Balaban J connectivity index is 1.19. The molecule has 1 aliphatic carbocycles. The Kier molecular flexibility index (Phi) is 5.49. The molecule has 0 aliphatic heterocycles. The van der Waals surface area contributed by atoms with E-state index in [1.54, 1.807) is 0 Å². The van der Waals surface area contributed by atoms with Gasteiger partial charge in [-0.05, 0) is 104 Å². The third kappa shape index (κ3) is 3.92. The number of aromatic nitrogens is 1. The molecule has 1 aromatic heterocycles. The molecule has 2 heteroatoms. The molecule has 0 spiro atoms. The predicted octanol–water partition coefficient (Wildman–Crippen LogP) is 10.7. The number of rotatable bonds is 5. The first kappa shape index (κ1) is 23.4. The lowest BCUT2D eigenvalue weighted by Crippen LogP contribution is -2.09. The van der Waals surface area contributed by atoms with Gasteiger partial charge in [-0.2, -0.15) is 0 Å². The number of pyridine rings is 1. The fourth-order valence-corrected chi connectivity index (χ4v) is 6.22. The first-order valence-electron chi connectivity index (χ1n) is 14.0. The first-order valence-corrected chi connectivity index (χ1v) is 14.0. The predicted molar refractivity (Wildman–Crippen MR) is 172 cm³/mol. The van der Waals surface area contributed by atoms with Crippen LogP contribution in [0.4, 0.5) is 17.1 Å². The summed E-state index contributed by atoms with van der Waals surface area (Å²) in [4.78, 5) is 6.46. The molecule has 0 unspecified atom stereocenters. The number of fused-ring (bicyclic) bond motifs is 3. The molecular formula is C39H26N2. The molecule has 8 rings (SSSR count). The van der Waals surface area contributed by atoms with Gasteiger partial charge in [-0.1, -0.05) is 97.1 Å². The smallest absolute Gasteiger partial charge is 0.0462 e. The molecule has 0 fully saturated rings. The van der Waals surface area contributed by atoms with Crippen LogP contribution >= 0.6 is 0 Å². The van der Waals surface area contributed by atoms with Crippen molar-refractivity contribution in [1.29, 1.82) is 0 Å². The van der Waals surface area contributed by atoms with Crippen LogP contribution in [0.25, 0.3) is 55.3 Å². The second-order valence-corrected chi connectivity index (χ2v) is 10.4. The molecule has 1 heterocycles. The van der Waals surface area contributed by atoms with Crippen LogP contribution in [0.3, 0.4) is 0 Å². The van der Waals surface area contributed by atoms with E-state index in [9.17, 15) is 0 Å². The molecule has 0 bridgehead atoms. The van der Waals surface area contributed by atoms with Gasteiger partial charge in [0.25, 0.3) is 0 Å². The maximum atomic E-state index is 4.15. The fourth-order valence-electron chi connectivity index (χ4n) is 6.22. The summed E-state index contributed by atoms with van der Waals surface area (Å²) >= 11 is 0. The monoisotopic (exact) mass is 522 g/mol. The van der Waals surface area contributed by atoms with E-state index < -0.39 is 0 Å². The summed E-state index contributed by atoms with van der Waals surface area (Å²) in [5.41, 5.74) is 13.5. The molecule has 7 aromatic rings. The molecule has 1 aliphatic rings. The molecule has 2 nitrogen and oxygen atoms in total. The number of nitrogens with zero attached hydrogens (tertiary/aromatic N) is 2. The van der Waals surface area contributed by atoms with E-state index in [1.807, 2.05) is 24.5 Å². The highest BCUT2D eigenvalue weighted by Crippen LogP contribution is 2.49. The van der Waals surface area contributed by atoms with Crippen LogP contribution in [-0.4, -0.2) is 4.98 Å². The van der Waals surface area contributed by atoms with Crippen LogP contribution in [-0.2, 0) is 0 Å². The second-order valence-electron chi connectivity index (χ2n) is 10.4. The zero-order valence-corrected chi connectivity index (χ0v) is 22.4. The summed E-state index contributed by atoms with van der Waals surface area (Å²) in [7, 11) is 0. The van der Waals surface area contributed by atoms with Gasteiger partial charge in [0.2, 0.25) is 0 Å². The van der Waals surface area contributed by atoms with E-state index in [0.717, 1.165) is 22.6 Å². The van der Waals surface area contributed by atoms with Crippen molar-refractivity contribution in [3.8, 4) is 44.5 Å². The molecule has 0 N–H and O–H groups in total. The van der Waals surface area contributed by atoms with Crippen molar-refractivity contribution in [2.75, 3.05) is 4.90 Å². The zero-order chi connectivity index (χ0) is 27.2. The topological polar surface area (TPSA) is 16.1 Å². The SMILES string of the molecule is c1ccc(N(c2ccc(-c3ccncc3)cc2)c2ccc(-c3ccc4c5c(cccc35)-c3ccccc3-4)cc2)cc1. The van der Waals surface area contributed by atoms with Crippen molar-refractivity contribution in [3.05, 3.63) is 158 Å². The quantitative estimate of drug-likeness (QED) is 0.223. The lowest BCUT2D eigenvalue weighted by molar-refractivity contribution is 1.28. The minimum Gasteiger partial charge on any atom is -0.311 e. The first-order chi connectivity index (χ1) is 20.3. The summed E-state index contributed by atoms with van der Waals surface area (Å²) in [6.45, 7) is 0. The number of hydrogen-bond donors (Lipinski definition) is 0. The zero-order valence-electron chi connectivity index (χ0n) is 22.4. The van der Waals surface area contributed by atoms with Gasteiger partial charge in [0.15, 0.2) is 0 Å². The Hall–Kier alpha value is -5.47. The van der Waals surface area contributed by atoms with E-state index in [0.29, 0.717) is 0 Å². The summed E-state index contributed by atoms with van der Waals surface area (Å²) in [6, 6.07) is 52.4. The summed E-state index contributed by atoms with van der Waals surface area (Å²) in [6.07, 6.45) is 3.67. The van der Waals surface area contributed by atoms with Gasteiger partial charge in [-0.15, -0.1) is 0 Å². The van der Waals surface area contributed by atoms with Gasteiger partial charge in [0.05, 0.1) is 0 Å². The standard InChI is InChI=1S/C39H26N2/c1-2-7-30(8-3-1)41(31-17-13-27(14-18-31)28-23-25-40-26-24-28)32-19-15-29(16-20-32)33-21-22-38-35-10-5-4-9-34(35)37-12-6-11-36(33)39(37)38/h1-26H. The average Bonchev–Trinajstić information content (AvgIpc) is 3.38. The largest absolute Gasteiger partial charge is 0.311 e. The van der Waals surface area contributed by atoms with Crippen molar-refractivity contribution in [3.63, 3.8) is 0 Å². The van der Waals surface area contributed by atoms with Crippen LogP contribution in [0.2, 0.25) is 0 Å².